The zero-order chi connectivity index (χ0) is 24.6. The topological polar surface area (TPSA) is 130 Å². The van der Waals surface area contributed by atoms with Crippen LogP contribution in [0.25, 0.3) is 17.0 Å². The Morgan fingerprint density at radius 1 is 1.08 bits per heavy atom. The molecule has 6 rings (SSSR count). The zero-order valence-corrected chi connectivity index (χ0v) is 19.8. The average molecular weight is 486 g/mol. The van der Waals surface area contributed by atoms with Crippen LogP contribution in [0.3, 0.4) is 0 Å². The molecule has 0 bridgehead atoms. The molecule has 36 heavy (non-hydrogen) atoms. The first-order valence-electron chi connectivity index (χ1n) is 12.1. The molecule has 1 saturated carbocycles. The molecule has 1 aliphatic heterocycles. The average Bonchev–Trinajstić information content (AvgIpc) is 3.29. The summed E-state index contributed by atoms with van der Waals surface area (Å²) in [6.07, 6.45) is 8.58. The van der Waals surface area contributed by atoms with Gasteiger partial charge in [0, 0.05) is 43.6 Å². The second-order valence-electron chi connectivity index (χ2n) is 9.37. The van der Waals surface area contributed by atoms with Crippen molar-refractivity contribution in [3.63, 3.8) is 0 Å². The molecule has 1 saturated heterocycles. The quantitative estimate of drug-likeness (QED) is 0.314. The lowest BCUT2D eigenvalue weighted by atomic mass is 10.1. The molecule has 2 amide bonds. The number of hydrogen-bond donors (Lipinski definition) is 4. The van der Waals surface area contributed by atoms with E-state index in [0.29, 0.717) is 24.2 Å². The standard InChI is InChI=1S/C25H27N9O2/c1-33-22(18(13-27-33)23(35)26-12-17-11-19(32-31-17)16-7-8-16)24(36)29-21-9-10-34-14-20(28-25(34)30-21)15-5-3-2-4-6-15/h2-6,9-10,13-14,16-17,19,31-32H,7-8,11-12H2,1H3,(H,26,35)(H,28,29,30,36). The van der Waals surface area contributed by atoms with Gasteiger partial charge in [-0.1, -0.05) is 30.3 Å². The smallest absolute Gasteiger partial charge is 0.275 e. The number of nitrogens with one attached hydrogen (secondary N) is 4. The first-order chi connectivity index (χ1) is 17.5. The number of carbonyl (C=O) groups excluding carboxylic acids is 2. The van der Waals surface area contributed by atoms with Gasteiger partial charge in [-0.3, -0.25) is 29.5 Å². The fraction of sp³-hybridized carbons (Fsp3) is 0.320. The van der Waals surface area contributed by atoms with Gasteiger partial charge in [0.05, 0.1) is 17.5 Å². The highest BCUT2D eigenvalue weighted by atomic mass is 16.2. The van der Waals surface area contributed by atoms with Crippen LogP contribution < -0.4 is 21.5 Å². The van der Waals surface area contributed by atoms with Crippen molar-refractivity contribution < 1.29 is 9.59 Å². The van der Waals surface area contributed by atoms with E-state index in [-0.39, 0.29) is 23.2 Å². The Kier molecular flexibility index (Phi) is 5.70. The van der Waals surface area contributed by atoms with Crippen molar-refractivity contribution in [3.05, 3.63) is 66.2 Å². The normalized spacial score (nSPS) is 19.5. The van der Waals surface area contributed by atoms with Crippen LogP contribution in [0.2, 0.25) is 0 Å². The van der Waals surface area contributed by atoms with E-state index in [2.05, 4.69) is 36.6 Å². The number of hydrazine groups is 1. The highest BCUT2D eigenvalue weighted by molar-refractivity contribution is 6.10. The van der Waals surface area contributed by atoms with Crippen LogP contribution >= 0.6 is 0 Å². The Labute approximate surface area is 207 Å². The molecule has 3 aromatic heterocycles. The van der Waals surface area contributed by atoms with Crippen molar-refractivity contribution in [3.8, 4) is 11.3 Å². The van der Waals surface area contributed by atoms with Crippen molar-refractivity contribution in [1.29, 1.82) is 0 Å². The molecule has 2 unspecified atom stereocenters. The Hall–Kier alpha value is -4.09. The van der Waals surface area contributed by atoms with Gasteiger partial charge in [0.2, 0.25) is 5.78 Å². The molecular weight excluding hydrogens is 458 g/mol. The molecule has 4 aromatic rings. The number of hydrogen-bond acceptors (Lipinski definition) is 7. The van der Waals surface area contributed by atoms with Gasteiger partial charge in [-0.2, -0.15) is 10.1 Å². The Bertz CT molecular complexity index is 1420. The molecule has 1 aromatic carbocycles. The van der Waals surface area contributed by atoms with E-state index in [0.717, 1.165) is 23.6 Å². The summed E-state index contributed by atoms with van der Waals surface area (Å²) in [6.45, 7) is 0.465. The van der Waals surface area contributed by atoms with Gasteiger partial charge in [-0.05, 0) is 31.2 Å². The molecule has 2 aliphatic rings. The van der Waals surface area contributed by atoms with Crippen molar-refractivity contribution in [1.82, 2.24) is 40.3 Å². The maximum Gasteiger partial charge on any atom is 0.275 e. The van der Waals surface area contributed by atoms with Gasteiger partial charge in [-0.25, -0.2) is 4.98 Å². The summed E-state index contributed by atoms with van der Waals surface area (Å²) in [6, 6.07) is 12.1. The van der Waals surface area contributed by atoms with Crippen LogP contribution in [-0.2, 0) is 7.05 Å². The van der Waals surface area contributed by atoms with Gasteiger partial charge >= 0.3 is 0 Å². The fourth-order valence-electron chi connectivity index (χ4n) is 4.64. The third-order valence-corrected chi connectivity index (χ3v) is 6.75. The highest BCUT2D eigenvalue weighted by Crippen LogP contribution is 2.35. The maximum atomic E-state index is 13.1. The monoisotopic (exact) mass is 485 g/mol. The predicted octanol–water partition coefficient (Wildman–Crippen LogP) is 1.76. The summed E-state index contributed by atoms with van der Waals surface area (Å²) in [5.74, 6) is 0.719. The van der Waals surface area contributed by atoms with Crippen LogP contribution in [0.15, 0.2) is 55.0 Å². The summed E-state index contributed by atoms with van der Waals surface area (Å²) in [5.41, 5.74) is 8.72. The number of anilines is 1. The first-order valence-corrected chi connectivity index (χ1v) is 12.1. The lowest BCUT2D eigenvalue weighted by molar-refractivity contribution is 0.0935. The molecule has 0 radical (unpaired) electrons. The van der Waals surface area contributed by atoms with E-state index in [4.69, 9.17) is 0 Å². The number of benzene rings is 1. The summed E-state index contributed by atoms with van der Waals surface area (Å²) < 4.78 is 3.19. The molecule has 11 heteroatoms. The van der Waals surface area contributed by atoms with Crippen molar-refractivity contribution in [2.75, 3.05) is 11.9 Å². The predicted molar refractivity (Wildman–Crippen MR) is 133 cm³/mol. The van der Waals surface area contributed by atoms with E-state index in [1.807, 2.05) is 36.5 Å². The Balaban J connectivity index is 1.14. The number of amides is 2. The first kappa shape index (κ1) is 22.4. The van der Waals surface area contributed by atoms with Gasteiger partial charge in [0.1, 0.15) is 11.5 Å². The number of imidazole rings is 1. The van der Waals surface area contributed by atoms with E-state index >= 15 is 0 Å². The van der Waals surface area contributed by atoms with Gasteiger partial charge in [0.25, 0.3) is 11.8 Å². The zero-order valence-electron chi connectivity index (χ0n) is 19.8. The number of aromatic nitrogens is 5. The van der Waals surface area contributed by atoms with Gasteiger partial charge < -0.3 is 10.6 Å². The number of aryl methyl sites for hydroxylation is 1. The number of nitrogens with zero attached hydrogens (tertiary/aromatic N) is 5. The van der Waals surface area contributed by atoms with Crippen LogP contribution in [0.5, 0.6) is 0 Å². The van der Waals surface area contributed by atoms with Gasteiger partial charge in [0.15, 0.2) is 0 Å². The maximum absolute atomic E-state index is 13.1. The molecule has 4 N–H and O–H groups in total. The van der Waals surface area contributed by atoms with E-state index < -0.39 is 5.91 Å². The summed E-state index contributed by atoms with van der Waals surface area (Å²) in [7, 11) is 1.63. The van der Waals surface area contributed by atoms with Gasteiger partial charge in [-0.15, -0.1) is 0 Å². The largest absolute Gasteiger partial charge is 0.350 e. The number of carbonyl (C=O) groups is 2. The van der Waals surface area contributed by atoms with Crippen molar-refractivity contribution in [2.45, 2.75) is 31.3 Å². The minimum Gasteiger partial charge on any atom is -0.350 e. The third kappa shape index (κ3) is 4.45. The summed E-state index contributed by atoms with van der Waals surface area (Å²) in [5, 5.41) is 9.85. The summed E-state index contributed by atoms with van der Waals surface area (Å²) in [4.78, 5) is 35.1. The lowest BCUT2D eigenvalue weighted by Crippen LogP contribution is -2.41. The van der Waals surface area contributed by atoms with Crippen molar-refractivity contribution in [2.24, 2.45) is 13.0 Å². The molecule has 0 spiro atoms. The number of rotatable bonds is 7. The third-order valence-electron chi connectivity index (χ3n) is 6.75. The SMILES string of the molecule is Cn1ncc(C(=O)NCC2CC(C3CC3)NN2)c1C(=O)Nc1ccn2cc(-c3ccccc3)nc2n1. The molecular formula is C25H27N9O2. The molecule has 11 nitrogen and oxygen atoms in total. The van der Waals surface area contributed by atoms with Crippen LogP contribution in [0.1, 0.15) is 40.1 Å². The minimum atomic E-state index is -0.471. The Morgan fingerprint density at radius 2 is 1.92 bits per heavy atom. The fourth-order valence-corrected chi connectivity index (χ4v) is 4.64. The van der Waals surface area contributed by atoms with Crippen LogP contribution in [0.4, 0.5) is 5.82 Å². The number of fused-ring (bicyclic) bond motifs is 1. The lowest BCUT2D eigenvalue weighted by Gasteiger charge is -2.11. The minimum absolute atomic E-state index is 0.153. The second-order valence-corrected chi connectivity index (χ2v) is 9.37. The second kappa shape index (κ2) is 9.17. The molecule has 1 aliphatic carbocycles. The Morgan fingerprint density at radius 3 is 2.72 bits per heavy atom. The molecule has 4 heterocycles. The van der Waals surface area contributed by atoms with Crippen LogP contribution in [0, 0.1) is 5.92 Å². The molecule has 2 atom stereocenters. The molecule has 184 valence electrons. The highest BCUT2D eigenvalue weighted by Gasteiger charge is 2.36. The van der Waals surface area contributed by atoms with Crippen molar-refractivity contribution >= 4 is 23.4 Å². The van der Waals surface area contributed by atoms with Crippen LogP contribution in [-0.4, -0.2) is 54.6 Å². The van der Waals surface area contributed by atoms with E-state index in [1.165, 1.54) is 23.7 Å². The van der Waals surface area contributed by atoms with E-state index in [9.17, 15) is 9.59 Å². The summed E-state index contributed by atoms with van der Waals surface area (Å²) >= 11 is 0. The molecule has 2 fully saturated rings. The van der Waals surface area contributed by atoms with E-state index in [1.54, 1.807) is 23.7 Å².